The van der Waals surface area contributed by atoms with Crippen LogP contribution in [0.5, 0.6) is 5.75 Å². The number of halogens is 2. The summed E-state index contributed by atoms with van der Waals surface area (Å²) in [7, 11) is 0. The zero-order valence-corrected chi connectivity index (χ0v) is 15.4. The number of benzene rings is 2. The summed E-state index contributed by atoms with van der Waals surface area (Å²) in [5.41, 5.74) is 3.31. The zero-order chi connectivity index (χ0) is 20.0. The van der Waals surface area contributed by atoms with E-state index in [1.807, 2.05) is 19.9 Å². The van der Waals surface area contributed by atoms with E-state index in [4.69, 9.17) is 0 Å². The minimum absolute atomic E-state index is 0.0490. The van der Waals surface area contributed by atoms with E-state index in [1.165, 1.54) is 12.1 Å². The molecule has 5 nitrogen and oxygen atoms in total. The lowest BCUT2D eigenvalue weighted by Crippen LogP contribution is -2.38. The molecule has 2 aromatic carbocycles. The summed E-state index contributed by atoms with van der Waals surface area (Å²) in [5.74, 6) is -0.630. The fourth-order valence-corrected chi connectivity index (χ4v) is 2.46. The minimum Gasteiger partial charge on any atom is -0.435 e. The van der Waals surface area contributed by atoms with Crippen molar-refractivity contribution in [3.63, 3.8) is 0 Å². The highest BCUT2D eigenvalue weighted by Crippen LogP contribution is 2.19. The van der Waals surface area contributed by atoms with E-state index in [0.29, 0.717) is 5.56 Å². The Morgan fingerprint density at radius 3 is 2.30 bits per heavy atom. The van der Waals surface area contributed by atoms with Crippen molar-refractivity contribution in [2.24, 2.45) is 0 Å². The van der Waals surface area contributed by atoms with Crippen molar-refractivity contribution >= 4 is 11.8 Å². The van der Waals surface area contributed by atoms with E-state index >= 15 is 0 Å². The largest absolute Gasteiger partial charge is 0.435 e. The second kappa shape index (κ2) is 9.12. The maximum Gasteiger partial charge on any atom is 0.387 e. The second-order valence-corrected chi connectivity index (χ2v) is 6.22. The van der Waals surface area contributed by atoms with E-state index in [2.05, 4.69) is 15.4 Å². The molecule has 144 valence electrons. The molecule has 0 aliphatic rings. The third-order valence-corrected chi connectivity index (χ3v) is 4.16. The number of hydrogen-bond acceptors (Lipinski definition) is 3. The van der Waals surface area contributed by atoms with Crippen LogP contribution >= 0.6 is 0 Å². The standard InChI is InChI=1S/C20H22F2N2O3/c1-12-4-5-16(10-13(12)2)19(26)23-11-18(25)24-14(3)15-6-8-17(9-7-15)27-20(21)22/h4-10,14,20H,11H2,1-3H3,(H,23,26)(H,24,25). The fourth-order valence-electron chi connectivity index (χ4n) is 2.46. The number of carbonyl (C=O) groups excluding carboxylic acids is 2. The molecule has 2 aromatic rings. The number of alkyl halides is 2. The third kappa shape index (κ3) is 6.06. The van der Waals surface area contributed by atoms with Gasteiger partial charge in [-0.2, -0.15) is 8.78 Å². The minimum atomic E-state index is -2.88. The molecule has 2 N–H and O–H groups in total. The molecule has 0 radical (unpaired) electrons. The van der Waals surface area contributed by atoms with Gasteiger partial charge >= 0.3 is 6.61 Å². The number of rotatable bonds is 7. The molecule has 2 amide bonds. The molecule has 0 heterocycles. The van der Waals surface area contributed by atoms with Crippen molar-refractivity contribution < 1.29 is 23.1 Å². The summed E-state index contributed by atoms with van der Waals surface area (Å²) in [4.78, 5) is 24.2. The molecule has 27 heavy (non-hydrogen) atoms. The molecule has 0 saturated heterocycles. The summed E-state index contributed by atoms with van der Waals surface area (Å²) < 4.78 is 28.6. The van der Waals surface area contributed by atoms with E-state index in [9.17, 15) is 18.4 Å². The molecule has 0 aliphatic heterocycles. The molecule has 1 unspecified atom stereocenters. The van der Waals surface area contributed by atoms with Crippen LogP contribution < -0.4 is 15.4 Å². The SMILES string of the molecule is Cc1ccc(C(=O)NCC(=O)NC(C)c2ccc(OC(F)F)cc2)cc1C. The molecule has 0 bridgehead atoms. The van der Waals surface area contributed by atoms with E-state index in [1.54, 1.807) is 31.2 Å². The summed E-state index contributed by atoms with van der Waals surface area (Å²) in [6.07, 6.45) is 0. The second-order valence-electron chi connectivity index (χ2n) is 6.22. The normalized spacial score (nSPS) is 11.8. The van der Waals surface area contributed by atoms with E-state index < -0.39 is 6.61 Å². The van der Waals surface area contributed by atoms with Crippen LogP contribution in [0.2, 0.25) is 0 Å². The van der Waals surface area contributed by atoms with Crippen molar-refractivity contribution in [1.82, 2.24) is 10.6 Å². The summed E-state index contributed by atoms with van der Waals surface area (Å²) in [6, 6.07) is 11.0. The zero-order valence-electron chi connectivity index (χ0n) is 15.4. The van der Waals surface area contributed by atoms with Gasteiger partial charge in [-0.05, 0) is 61.7 Å². The Balaban J connectivity index is 1.85. The van der Waals surface area contributed by atoms with E-state index in [-0.39, 0.29) is 30.2 Å². The smallest absolute Gasteiger partial charge is 0.387 e. The first-order chi connectivity index (χ1) is 12.8. The van der Waals surface area contributed by atoms with Gasteiger partial charge in [0.25, 0.3) is 5.91 Å². The Labute approximate surface area is 156 Å². The predicted octanol–water partition coefficient (Wildman–Crippen LogP) is 3.51. The molecule has 0 aliphatic carbocycles. The first-order valence-electron chi connectivity index (χ1n) is 8.46. The average molecular weight is 376 g/mol. The molecular weight excluding hydrogens is 354 g/mol. The molecular formula is C20H22F2N2O3. The molecule has 0 saturated carbocycles. The maximum absolute atomic E-state index is 12.2. The van der Waals surface area contributed by atoms with Crippen molar-refractivity contribution in [3.8, 4) is 5.75 Å². The number of aryl methyl sites for hydroxylation is 2. The van der Waals surface area contributed by atoms with Gasteiger partial charge in [0.05, 0.1) is 12.6 Å². The van der Waals surface area contributed by atoms with Crippen LogP contribution in [0.1, 0.15) is 40.0 Å². The van der Waals surface area contributed by atoms with Gasteiger partial charge < -0.3 is 15.4 Å². The molecule has 2 rings (SSSR count). The predicted molar refractivity (Wildman–Crippen MR) is 97.9 cm³/mol. The number of ether oxygens (including phenoxy) is 1. The molecule has 0 fully saturated rings. The summed E-state index contributed by atoms with van der Waals surface area (Å²) >= 11 is 0. The number of hydrogen-bond donors (Lipinski definition) is 2. The third-order valence-electron chi connectivity index (χ3n) is 4.16. The number of nitrogens with one attached hydrogen (secondary N) is 2. The first-order valence-corrected chi connectivity index (χ1v) is 8.46. The number of amides is 2. The van der Waals surface area contributed by atoms with Gasteiger partial charge in [-0.1, -0.05) is 18.2 Å². The maximum atomic E-state index is 12.2. The Hall–Kier alpha value is -2.96. The van der Waals surface area contributed by atoms with Crippen LogP contribution in [0.3, 0.4) is 0 Å². The van der Waals surface area contributed by atoms with Crippen LogP contribution in [0.15, 0.2) is 42.5 Å². The highest BCUT2D eigenvalue weighted by Gasteiger charge is 2.13. The van der Waals surface area contributed by atoms with Gasteiger partial charge in [0, 0.05) is 5.56 Å². The van der Waals surface area contributed by atoms with Crippen molar-refractivity contribution in [3.05, 3.63) is 64.7 Å². The quantitative estimate of drug-likeness (QED) is 0.777. The molecule has 7 heteroatoms. The topological polar surface area (TPSA) is 67.4 Å². The summed E-state index contributed by atoms with van der Waals surface area (Å²) in [5, 5.41) is 5.32. The Kier molecular flexibility index (Phi) is 6.87. The average Bonchev–Trinajstić information content (AvgIpc) is 2.62. The monoisotopic (exact) mass is 376 g/mol. The van der Waals surface area contributed by atoms with Crippen molar-refractivity contribution in [2.45, 2.75) is 33.4 Å². The lowest BCUT2D eigenvalue weighted by Gasteiger charge is -2.15. The van der Waals surface area contributed by atoms with E-state index in [0.717, 1.165) is 16.7 Å². The first kappa shape index (κ1) is 20.4. The molecule has 0 spiro atoms. The lowest BCUT2D eigenvalue weighted by atomic mass is 10.1. The van der Waals surface area contributed by atoms with Crippen LogP contribution in [-0.2, 0) is 4.79 Å². The van der Waals surface area contributed by atoms with Crippen molar-refractivity contribution in [2.75, 3.05) is 6.54 Å². The van der Waals surface area contributed by atoms with Crippen LogP contribution in [0, 0.1) is 13.8 Å². The van der Waals surface area contributed by atoms with Gasteiger partial charge in [-0.15, -0.1) is 0 Å². The highest BCUT2D eigenvalue weighted by molar-refractivity contribution is 5.96. The van der Waals surface area contributed by atoms with Gasteiger partial charge in [0.1, 0.15) is 5.75 Å². The van der Waals surface area contributed by atoms with Gasteiger partial charge in [0.2, 0.25) is 5.91 Å². The van der Waals surface area contributed by atoms with Gasteiger partial charge in [-0.3, -0.25) is 9.59 Å². The Bertz CT molecular complexity index is 807. The van der Waals surface area contributed by atoms with Gasteiger partial charge in [0.15, 0.2) is 0 Å². The Morgan fingerprint density at radius 1 is 1.04 bits per heavy atom. The summed E-state index contributed by atoms with van der Waals surface area (Å²) in [6.45, 7) is 2.58. The fraction of sp³-hybridized carbons (Fsp3) is 0.300. The van der Waals surface area contributed by atoms with Crippen LogP contribution in [-0.4, -0.2) is 25.0 Å². The van der Waals surface area contributed by atoms with Gasteiger partial charge in [-0.25, -0.2) is 0 Å². The van der Waals surface area contributed by atoms with Crippen molar-refractivity contribution in [1.29, 1.82) is 0 Å². The Morgan fingerprint density at radius 2 is 1.70 bits per heavy atom. The van der Waals surface area contributed by atoms with Crippen LogP contribution in [0.25, 0.3) is 0 Å². The lowest BCUT2D eigenvalue weighted by molar-refractivity contribution is -0.120. The van der Waals surface area contributed by atoms with Crippen LogP contribution in [0.4, 0.5) is 8.78 Å². The molecule has 0 aromatic heterocycles. The molecule has 1 atom stereocenters. The number of carbonyl (C=O) groups is 2. The highest BCUT2D eigenvalue weighted by atomic mass is 19.3.